The van der Waals surface area contributed by atoms with Crippen LogP contribution in [0.3, 0.4) is 0 Å². The van der Waals surface area contributed by atoms with Crippen LogP contribution in [0.25, 0.3) is 72.2 Å². The van der Waals surface area contributed by atoms with Gasteiger partial charge in [0.25, 0.3) is 0 Å². The van der Waals surface area contributed by atoms with Gasteiger partial charge in [-0.2, -0.15) is 0 Å². The molecule has 2 aliphatic rings. The summed E-state index contributed by atoms with van der Waals surface area (Å²) in [6, 6.07) is 68.7. The summed E-state index contributed by atoms with van der Waals surface area (Å²) in [6.45, 7) is 4.68. The highest BCUT2D eigenvalue weighted by molar-refractivity contribution is 6.13. The molecule has 0 unspecified atom stereocenters. The molecular formula is C54H37N3. The van der Waals surface area contributed by atoms with Gasteiger partial charge in [0.1, 0.15) is 0 Å². The molecule has 0 saturated heterocycles. The zero-order chi connectivity index (χ0) is 37.9. The second kappa shape index (κ2) is 11.7. The number of nitrogens with zero attached hydrogens (tertiary/aromatic N) is 3. The third-order valence-corrected chi connectivity index (χ3v) is 12.9. The van der Waals surface area contributed by atoms with Gasteiger partial charge in [0, 0.05) is 32.9 Å². The van der Waals surface area contributed by atoms with Crippen LogP contribution in [-0.4, -0.2) is 14.5 Å². The fourth-order valence-corrected chi connectivity index (χ4v) is 10.5. The Labute approximate surface area is 331 Å². The van der Waals surface area contributed by atoms with Crippen LogP contribution in [0.15, 0.2) is 188 Å². The Morgan fingerprint density at radius 3 is 1.70 bits per heavy atom. The Morgan fingerprint density at radius 1 is 0.421 bits per heavy atom. The van der Waals surface area contributed by atoms with Crippen LogP contribution in [0.4, 0.5) is 0 Å². The van der Waals surface area contributed by atoms with E-state index in [4.69, 9.17) is 9.97 Å². The Bertz CT molecular complexity index is 3220. The van der Waals surface area contributed by atoms with Crippen LogP contribution in [-0.2, 0) is 10.8 Å². The second-order valence-electron chi connectivity index (χ2n) is 16.1. The molecule has 12 rings (SSSR count). The highest BCUT2D eigenvalue weighted by Gasteiger charge is 2.48. The van der Waals surface area contributed by atoms with E-state index in [1.807, 2.05) is 0 Å². The minimum absolute atomic E-state index is 0.340. The van der Waals surface area contributed by atoms with E-state index in [0.29, 0.717) is 5.95 Å². The van der Waals surface area contributed by atoms with Gasteiger partial charge in [-0.25, -0.2) is 9.97 Å². The van der Waals surface area contributed by atoms with Gasteiger partial charge in [-0.15, -0.1) is 0 Å². The van der Waals surface area contributed by atoms with Crippen molar-refractivity contribution in [3.63, 3.8) is 0 Å². The highest BCUT2D eigenvalue weighted by Crippen LogP contribution is 2.60. The maximum atomic E-state index is 5.81. The third kappa shape index (κ3) is 4.26. The summed E-state index contributed by atoms with van der Waals surface area (Å²) >= 11 is 0. The number of para-hydroxylation sites is 1. The van der Waals surface area contributed by atoms with Crippen molar-refractivity contribution in [2.75, 3.05) is 0 Å². The summed E-state index contributed by atoms with van der Waals surface area (Å²) in [5.74, 6) is 0.680. The molecule has 0 bridgehead atoms. The zero-order valence-electron chi connectivity index (χ0n) is 31.7. The van der Waals surface area contributed by atoms with Crippen molar-refractivity contribution in [2.45, 2.75) is 24.7 Å². The standard InChI is InChI=1S/C54H37N3/c1-53(2)43-28-14-12-26-40(43)50-49(53)51(56-52(55-50)57-46-31-16-13-24-38(46)42-32-34-18-9-10-19-35(34)33-47(42)57)41-27-17-30-45-48(41)39-25-11-15-29-44(39)54(45,36-20-5-3-6-21-36)37-22-7-4-8-23-37/h3-33H,1-2H3. The molecule has 0 radical (unpaired) electrons. The quantitative estimate of drug-likeness (QED) is 0.181. The molecule has 0 aliphatic heterocycles. The number of aromatic nitrogens is 3. The molecule has 0 atom stereocenters. The Balaban J connectivity index is 1.23. The molecule has 0 spiro atoms. The molecule has 2 aliphatic carbocycles. The lowest BCUT2D eigenvalue weighted by Gasteiger charge is -2.34. The maximum absolute atomic E-state index is 5.81. The molecule has 0 amide bonds. The Hall–Kier alpha value is -7.10. The van der Waals surface area contributed by atoms with Gasteiger partial charge < -0.3 is 0 Å². The van der Waals surface area contributed by atoms with Gasteiger partial charge in [0.05, 0.1) is 27.8 Å². The van der Waals surface area contributed by atoms with Crippen LogP contribution in [0.1, 0.15) is 47.2 Å². The first-order chi connectivity index (χ1) is 28.0. The second-order valence-corrected chi connectivity index (χ2v) is 16.1. The highest BCUT2D eigenvalue weighted by atomic mass is 15.2. The zero-order valence-corrected chi connectivity index (χ0v) is 31.7. The molecular weight excluding hydrogens is 691 g/mol. The number of rotatable bonds is 4. The number of fused-ring (bicyclic) bond motifs is 10. The predicted molar refractivity (Wildman–Crippen MR) is 234 cm³/mol. The van der Waals surface area contributed by atoms with Gasteiger partial charge in [-0.05, 0) is 67.9 Å². The average Bonchev–Trinajstić information content (AvgIpc) is 3.84. The summed E-state index contributed by atoms with van der Waals surface area (Å²) in [5.41, 5.74) is 15.6. The molecule has 0 N–H and O–H groups in total. The number of benzene rings is 8. The van der Waals surface area contributed by atoms with Crippen molar-refractivity contribution in [3.05, 3.63) is 221 Å². The predicted octanol–water partition coefficient (Wildman–Crippen LogP) is 13.1. The lowest BCUT2D eigenvalue weighted by molar-refractivity contribution is 0.657. The Morgan fingerprint density at radius 2 is 0.965 bits per heavy atom. The van der Waals surface area contributed by atoms with Gasteiger partial charge in [0.15, 0.2) is 0 Å². The smallest absolute Gasteiger partial charge is 0.235 e. The fourth-order valence-electron chi connectivity index (χ4n) is 10.5. The van der Waals surface area contributed by atoms with Crippen molar-refractivity contribution < 1.29 is 0 Å². The minimum Gasteiger partial charge on any atom is -0.278 e. The lowest BCUT2D eigenvalue weighted by Crippen LogP contribution is -2.28. The first-order valence-electron chi connectivity index (χ1n) is 19.8. The normalized spacial score (nSPS) is 14.4. The number of hydrogen-bond donors (Lipinski definition) is 0. The molecule has 3 nitrogen and oxygen atoms in total. The van der Waals surface area contributed by atoms with Crippen molar-refractivity contribution >= 4 is 32.6 Å². The summed E-state index contributed by atoms with van der Waals surface area (Å²) in [6.07, 6.45) is 0. The van der Waals surface area contributed by atoms with Gasteiger partial charge in [-0.1, -0.05) is 184 Å². The molecule has 2 heterocycles. The van der Waals surface area contributed by atoms with Gasteiger partial charge in [0.2, 0.25) is 5.95 Å². The molecule has 10 aromatic rings. The topological polar surface area (TPSA) is 30.7 Å². The van der Waals surface area contributed by atoms with Crippen LogP contribution in [0, 0.1) is 0 Å². The maximum Gasteiger partial charge on any atom is 0.235 e. The minimum atomic E-state index is -0.518. The molecule has 2 aromatic heterocycles. The summed E-state index contributed by atoms with van der Waals surface area (Å²) in [4.78, 5) is 11.4. The number of hydrogen-bond acceptors (Lipinski definition) is 2. The van der Waals surface area contributed by atoms with E-state index in [1.54, 1.807) is 0 Å². The van der Waals surface area contributed by atoms with E-state index in [1.165, 1.54) is 71.6 Å². The van der Waals surface area contributed by atoms with E-state index in [9.17, 15) is 0 Å². The molecule has 0 fully saturated rings. The van der Waals surface area contributed by atoms with Crippen molar-refractivity contribution in [1.29, 1.82) is 0 Å². The monoisotopic (exact) mass is 727 g/mol. The van der Waals surface area contributed by atoms with Crippen molar-refractivity contribution in [2.24, 2.45) is 0 Å². The van der Waals surface area contributed by atoms with E-state index in [-0.39, 0.29) is 5.41 Å². The lowest BCUT2D eigenvalue weighted by atomic mass is 9.67. The molecule has 0 saturated carbocycles. The fraction of sp³-hybridized carbons (Fsp3) is 0.0741. The molecule has 57 heavy (non-hydrogen) atoms. The molecule has 3 heteroatoms. The van der Waals surface area contributed by atoms with Crippen molar-refractivity contribution in [3.8, 4) is 39.6 Å². The SMILES string of the molecule is CC1(C)c2ccccc2-c2nc(-n3c4ccccc4c4cc5ccccc5cc43)nc(-c3cccc4c3-c3ccccc3C4(c3ccccc3)c3ccccc3)c21. The molecule has 268 valence electrons. The largest absolute Gasteiger partial charge is 0.278 e. The van der Waals surface area contributed by atoms with E-state index in [0.717, 1.165) is 28.0 Å². The van der Waals surface area contributed by atoms with Crippen LogP contribution in [0.5, 0.6) is 0 Å². The Kier molecular flexibility index (Phi) is 6.61. The average molecular weight is 728 g/mol. The first-order valence-corrected chi connectivity index (χ1v) is 19.8. The summed E-state index contributed by atoms with van der Waals surface area (Å²) in [5, 5.41) is 4.80. The first kappa shape index (κ1) is 32.2. The van der Waals surface area contributed by atoms with Crippen LogP contribution in [0.2, 0.25) is 0 Å². The summed E-state index contributed by atoms with van der Waals surface area (Å²) in [7, 11) is 0. The van der Waals surface area contributed by atoms with Gasteiger partial charge >= 0.3 is 0 Å². The van der Waals surface area contributed by atoms with Crippen molar-refractivity contribution in [1.82, 2.24) is 14.5 Å². The summed E-state index contributed by atoms with van der Waals surface area (Å²) < 4.78 is 2.30. The van der Waals surface area contributed by atoms with E-state index in [2.05, 4.69) is 206 Å². The van der Waals surface area contributed by atoms with E-state index < -0.39 is 5.41 Å². The third-order valence-electron chi connectivity index (χ3n) is 12.9. The van der Waals surface area contributed by atoms with Gasteiger partial charge in [-0.3, -0.25) is 4.57 Å². The van der Waals surface area contributed by atoms with E-state index >= 15 is 0 Å². The van der Waals surface area contributed by atoms with Crippen LogP contribution < -0.4 is 0 Å². The van der Waals surface area contributed by atoms with Crippen LogP contribution >= 0.6 is 0 Å². The molecule has 8 aromatic carbocycles.